The average molecular weight is 389 g/mol. The predicted octanol–water partition coefficient (Wildman–Crippen LogP) is 5.98. The number of thiophene rings is 2. The fourth-order valence-corrected chi connectivity index (χ4v) is 5.92. The summed E-state index contributed by atoms with van der Waals surface area (Å²) in [7, 11) is 0. The van der Waals surface area contributed by atoms with E-state index < -0.39 is 6.10 Å². The molecular weight excluding hydrogens is 368 g/mol. The molecule has 0 radical (unpaired) electrons. The Morgan fingerprint density at radius 2 is 1.19 bits per heavy atom. The van der Waals surface area contributed by atoms with E-state index >= 15 is 0 Å². The van der Waals surface area contributed by atoms with E-state index in [0.29, 0.717) is 0 Å². The molecule has 1 N–H and O–H groups in total. The molecule has 0 unspecified atom stereocenters. The van der Waals surface area contributed by atoms with E-state index in [0.717, 1.165) is 24.0 Å². The third-order valence-corrected chi connectivity index (χ3v) is 7.18. The van der Waals surface area contributed by atoms with E-state index in [1.54, 1.807) is 22.7 Å². The largest absolute Gasteiger partial charge is 0.384 e. The van der Waals surface area contributed by atoms with Crippen LogP contribution in [0.4, 0.5) is 0 Å². The van der Waals surface area contributed by atoms with Crippen LogP contribution in [-0.2, 0) is 18.3 Å². The van der Waals surface area contributed by atoms with Gasteiger partial charge in [0, 0.05) is 5.41 Å². The Bertz CT molecular complexity index is 962. The summed E-state index contributed by atoms with van der Waals surface area (Å²) in [5, 5.41) is 19.9. The first-order valence-corrected chi connectivity index (χ1v) is 11.1. The molecule has 1 nitrogen and oxygen atoms in total. The molecular formula is C24H20OS2. The van der Waals surface area contributed by atoms with Gasteiger partial charge in [-0.2, -0.15) is 22.7 Å². The second-order valence-electron chi connectivity index (χ2n) is 7.28. The van der Waals surface area contributed by atoms with Crippen LogP contribution in [0.25, 0.3) is 0 Å². The van der Waals surface area contributed by atoms with Crippen molar-refractivity contribution in [2.75, 3.05) is 0 Å². The molecule has 0 spiro atoms. The number of fused-ring (bicyclic) bond motifs is 2. The van der Waals surface area contributed by atoms with Crippen LogP contribution < -0.4 is 0 Å². The van der Waals surface area contributed by atoms with Gasteiger partial charge in [-0.05, 0) is 79.9 Å². The third-order valence-electron chi connectivity index (χ3n) is 5.71. The molecule has 134 valence electrons. The highest BCUT2D eigenvalue weighted by atomic mass is 32.1. The van der Waals surface area contributed by atoms with Crippen LogP contribution in [0.1, 0.15) is 39.5 Å². The second kappa shape index (κ2) is 6.75. The molecule has 0 saturated heterocycles. The highest BCUT2D eigenvalue weighted by Crippen LogP contribution is 2.49. The quantitative estimate of drug-likeness (QED) is 0.456. The standard InChI is InChI=1S/C24H20OS2/c25-23-19-5-1-3-7-21(19)24(13-17-9-11-26-15-17,14-18-10-12-27-16-18)22-8-4-2-6-20(22)23/h1-12,15-16,23,25H,13-14H2. The molecule has 1 aliphatic carbocycles. The summed E-state index contributed by atoms with van der Waals surface area (Å²) in [4.78, 5) is 0. The molecule has 0 fully saturated rings. The van der Waals surface area contributed by atoms with Crippen molar-refractivity contribution < 1.29 is 5.11 Å². The Balaban J connectivity index is 1.79. The van der Waals surface area contributed by atoms with Gasteiger partial charge in [-0.1, -0.05) is 48.5 Å². The number of aliphatic hydroxyl groups is 1. The maximum Gasteiger partial charge on any atom is 0.105 e. The van der Waals surface area contributed by atoms with E-state index in [4.69, 9.17) is 0 Å². The lowest BCUT2D eigenvalue weighted by Gasteiger charge is -2.43. The predicted molar refractivity (Wildman–Crippen MR) is 114 cm³/mol. The van der Waals surface area contributed by atoms with Crippen molar-refractivity contribution in [3.63, 3.8) is 0 Å². The summed E-state index contributed by atoms with van der Waals surface area (Å²) in [6, 6.07) is 21.4. The maximum atomic E-state index is 11.1. The van der Waals surface area contributed by atoms with Gasteiger partial charge in [0.25, 0.3) is 0 Å². The normalized spacial score (nSPS) is 15.3. The lowest BCUT2D eigenvalue weighted by Crippen LogP contribution is -2.39. The van der Waals surface area contributed by atoms with Gasteiger partial charge in [0.1, 0.15) is 6.10 Å². The molecule has 4 aromatic rings. The zero-order valence-corrected chi connectivity index (χ0v) is 16.5. The highest BCUT2D eigenvalue weighted by Gasteiger charge is 2.43. The van der Waals surface area contributed by atoms with Gasteiger partial charge >= 0.3 is 0 Å². The van der Waals surface area contributed by atoms with Crippen molar-refractivity contribution in [1.29, 1.82) is 0 Å². The number of benzene rings is 2. The van der Waals surface area contributed by atoms with E-state index in [2.05, 4.69) is 70.1 Å². The van der Waals surface area contributed by atoms with Gasteiger partial charge in [-0.15, -0.1) is 0 Å². The highest BCUT2D eigenvalue weighted by molar-refractivity contribution is 7.08. The summed E-state index contributed by atoms with van der Waals surface area (Å²) in [6.45, 7) is 0. The summed E-state index contributed by atoms with van der Waals surface area (Å²) in [5.74, 6) is 0. The Hall–Kier alpha value is -2.20. The van der Waals surface area contributed by atoms with E-state index in [1.165, 1.54) is 22.3 Å². The number of hydrogen-bond donors (Lipinski definition) is 1. The van der Waals surface area contributed by atoms with E-state index in [-0.39, 0.29) is 5.41 Å². The van der Waals surface area contributed by atoms with Crippen LogP contribution in [0.5, 0.6) is 0 Å². The number of rotatable bonds is 4. The molecule has 0 saturated carbocycles. The minimum Gasteiger partial charge on any atom is -0.384 e. The van der Waals surface area contributed by atoms with Crippen molar-refractivity contribution in [2.24, 2.45) is 0 Å². The van der Waals surface area contributed by atoms with Crippen molar-refractivity contribution in [3.05, 3.63) is 116 Å². The first-order chi connectivity index (χ1) is 13.3. The maximum absolute atomic E-state index is 11.1. The van der Waals surface area contributed by atoms with Crippen molar-refractivity contribution >= 4 is 22.7 Å². The topological polar surface area (TPSA) is 20.2 Å². The average Bonchev–Trinajstić information content (AvgIpc) is 3.40. The number of aliphatic hydroxyl groups excluding tert-OH is 1. The SMILES string of the molecule is OC1c2ccccc2C(Cc2ccsc2)(Cc2ccsc2)c2ccccc21. The zero-order chi connectivity index (χ0) is 18.3. The summed E-state index contributed by atoms with van der Waals surface area (Å²) >= 11 is 3.50. The first-order valence-electron chi connectivity index (χ1n) is 9.17. The molecule has 1 aliphatic rings. The molecule has 0 aliphatic heterocycles. The van der Waals surface area contributed by atoms with Crippen LogP contribution in [0.15, 0.2) is 82.2 Å². The molecule has 0 bridgehead atoms. The summed E-state index contributed by atoms with van der Waals surface area (Å²) in [5.41, 5.74) is 7.15. The van der Waals surface area contributed by atoms with Gasteiger partial charge < -0.3 is 5.11 Å². The fraction of sp³-hybridized carbons (Fsp3) is 0.167. The molecule has 3 heteroatoms. The van der Waals surface area contributed by atoms with Crippen LogP contribution in [-0.4, -0.2) is 5.11 Å². The van der Waals surface area contributed by atoms with Crippen molar-refractivity contribution in [3.8, 4) is 0 Å². The summed E-state index contributed by atoms with van der Waals surface area (Å²) < 4.78 is 0. The van der Waals surface area contributed by atoms with Crippen LogP contribution >= 0.6 is 22.7 Å². The number of hydrogen-bond acceptors (Lipinski definition) is 3. The zero-order valence-electron chi connectivity index (χ0n) is 14.8. The summed E-state index contributed by atoms with van der Waals surface area (Å²) in [6.07, 6.45) is 1.32. The van der Waals surface area contributed by atoms with Crippen LogP contribution in [0.2, 0.25) is 0 Å². The van der Waals surface area contributed by atoms with E-state index in [9.17, 15) is 5.11 Å². The Kier molecular flexibility index (Phi) is 4.24. The van der Waals surface area contributed by atoms with Crippen LogP contribution in [0.3, 0.4) is 0 Å². The molecule has 0 amide bonds. The monoisotopic (exact) mass is 388 g/mol. The van der Waals surface area contributed by atoms with Gasteiger partial charge in [0.2, 0.25) is 0 Å². The minimum absolute atomic E-state index is 0.172. The second-order valence-corrected chi connectivity index (χ2v) is 8.84. The molecule has 0 atom stereocenters. The smallest absolute Gasteiger partial charge is 0.105 e. The Morgan fingerprint density at radius 3 is 1.63 bits per heavy atom. The molecule has 2 aromatic carbocycles. The van der Waals surface area contributed by atoms with Crippen molar-refractivity contribution in [1.82, 2.24) is 0 Å². The van der Waals surface area contributed by atoms with Crippen molar-refractivity contribution in [2.45, 2.75) is 24.4 Å². The lowest BCUT2D eigenvalue weighted by atomic mass is 9.61. The Labute approximate surface area is 167 Å². The first kappa shape index (κ1) is 16.9. The van der Waals surface area contributed by atoms with E-state index in [1.807, 2.05) is 12.1 Å². The molecule has 27 heavy (non-hydrogen) atoms. The minimum atomic E-state index is -0.560. The van der Waals surface area contributed by atoms with Gasteiger partial charge in [-0.25, -0.2) is 0 Å². The molecule has 2 aromatic heterocycles. The van der Waals surface area contributed by atoms with Gasteiger partial charge in [0.05, 0.1) is 0 Å². The van der Waals surface area contributed by atoms with Gasteiger partial charge in [0.15, 0.2) is 0 Å². The Morgan fingerprint density at radius 1 is 0.704 bits per heavy atom. The fourth-order valence-electron chi connectivity index (χ4n) is 4.58. The van der Waals surface area contributed by atoms with Gasteiger partial charge in [-0.3, -0.25) is 0 Å². The molecule has 5 rings (SSSR count). The molecule has 2 heterocycles. The van der Waals surface area contributed by atoms with Crippen LogP contribution in [0, 0.1) is 0 Å². The lowest BCUT2D eigenvalue weighted by molar-refractivity contribution is 0.207. The third kappa shape index (κ3) is 2.78.